The van der Waals surface area contributed by atoms with E-state index in [1.54, 1.807) is 35.5 Å². The molecule has 0 spiro atoms. The molecule has 0 saturated heterocycles. The lowest BCUT2D eigenvalue weighted by molar-refractivity contribution is -0.387. The Morgan fingerprint density at radius 2 is 1.74 bits per heavy atom. The molecular formula is C24H21N5O3S2. The van der Waals surface area contributed by atoms with E-state index in [0.717, 1.165) is 16.7 Å². The minimum Gasteiger partial charge on any atom is -0.322 e. The standard InChI is InChI=1S/C24H21N5O3S2/c1-15-4-10-21(16(2)12-15)33-19-8-6-18(7-9-19)26-23(30)17-5-11-22(20(13-17)29(31)32)34-24-27-25-14-28(24)3/h4-14H,1-3H3,(H,26,30). The SMILES string of the molecule is Cc1ccc(Sc2ccc(NC(=O)c3ccc(Sc4nncn4C)c([N+](=O)[O-])c3)cc2)c(C)c1. The summed E-state index contributed by atoms with van der Waals surface area (Å²) in [5.41, 5.74) is 3.07. The maximum atomic E-state index is 12.8. The fraction of sp³-hybridized carbons (Fsp3) is 0.125. The molecule has 0 aliphatic carbocycles. The molecular weight excluding hydrogens is 470 g/mol. The van der Waals surface area contributed by atoms with Crippen LogP contribution in [-0.2, 0) is 7.05 Å². The van der Waals surface area contributed by atoms with E-state index in [1.165, 1.54) is 28.4 Å². The molecule has 0 aliphatic heterocycles. The van der Waals surface area contributed by atoms with Crippen LogP contribution in [0.4, 0.5) is 11.4 Å². The van der Waals surface area contributed by atoms with Crippen LogP contribution in [0.5, 0.6) is 0 Å². The quantitative estimate of drug-likeness (QED) is 0.254. The van der Waals surface area contributed by atoms with Gasteiger partial charge in [-0.25, -0.2) is 0 Å². The number of hydrogen-bond acceptors (Lipinski definition) is 7. The van der Waals surface area contributed by atoms with Crippen LogP contribution < -0.4 is 5.32 Å². The number of aromatic nitrogens is 3. The molecule has 0 atom stereocenters. The van der Waals surface area contributed by atoms with Gasteiger partial charge in [0.1, 0.15) is 6.33 Å². The molecule has 8 nitrogen and oxygen atoms in total. The molecule has 1 heterocycles. The van der Waals surface area contributed by atoms with Gasteiger partial charge in [0.05, 0.1) is 9.82 Å². The van der Waals surface area contributed by atoms with Crippen LogP contribution in [0.3, 0.4) is 0 Å². The van der Waals surface area contributed by atoms with Gasteiger partial charge in [0, 0.05) is 34.2 Å². The van der Waals surface area contributed by atoms with Gasteiger partial charge in [-0.05, 0) is 73.6 Å². The molecule has 4 aromatic rings. The van der Waals surface area contributed by atoms with Crippen LogP contribution in [0.15, 0.2) is 86.8 Å². The van der Waals surface area contributed by atoms with E-state index in [-0.39, 0.29) is 11.3 Å². The summed E-state index contributed by atoms with van der Waals surface area (Å²) in [7, 11) is 1.75. The number of carbonyl (C=O) groups excluding carboxylic acids is 1. The highest BCUT2D eigenvalue weighted by molar-refractivity contribution is 7.99. The second-order valence-electron chi connectivity index (χ2n) is 7.62. The van der Waals surface area contributed by atoms with Gasteiger partial charge in [0.15, 0.2) is 5.16 Å². The highest BCUT2D eigenvalue weighted by atomic mass is 32.2. The lowest BCUT2D eigenvalue weighted by Crippen LogP contribution is -2.12. The van der Waals surface area contributed by atoms with Gasteiger partial charge in [-0.2, -0.15) is 0 Å². The van der Waals surface area contributed by atoms with E-state index < -0.39 is 10.8 Å². The van der Waals surface area contributed by atoms with Crippen molar-refractivity contribution in [2.75, 3.05) is 5.32 Å². The first-order valence-corrected chi connectivity index (χ1v) is 11.9. The van der Waals surface area contributed by atoms with Crippen molar-refractivity contribution in [3.63, 3.8) is 0 Å². The summed E-state index contributed by atoms with van der Waals surface area (Å²) in [6, 6.07) is 18.2. The predicted octanol–water partition coefficient (Wildman–Crippen LogP) is 5.89. The minimum atomic E-state index is -0.505. The van der Waals surface area contributed by atoms with Crippen molar-refractivity contribution in [2.24, 2.45) is 7.05 Å². The monoisotopic (exact) mass is 491 g/mol. The van der Waals surface area contributed by atoms with Gasteiger partial charge >= 0.3 is 0 Å². The Balaban J connectivity index is 1.47. The normalized spacial score (nSPS) is 10.8. The van der Waals surface area contributed by atoms with Crippen molar-refractivity contribution in [3.05, 3.63) is 93.8 Å². The van der Waals surface area contributed by atoms with E-state index in [4.69, 9.17) is 0 Å². The molecule has 0 radical (unpaired) electrons. The summed E-state index contributed by atoms with van der Waals surface area (Å²) in [6.45, 7) is 4.15. The van der Waals surface area contributed by atoms with E-state index in [0.29, 0.717) is 15.7 Å². The van der Waals surface area contributed by atoms with E-state index in [2.05, 4.69) is 47.6 Å². The number of aryl methyl sites for hydroxylation is 3. The first-order chi connectivity index (χ1) is 16.3. The predicted molar refractivity (Wildman–Crippen MR) is 133 cm³/mol. The Morgan fingerprint density at radius 3 is 2.38 bits per heavy atom. The van der Waals surface area contributed by atoms with E-state index in [9.17, 15) is 14.9 Å². The largest absolute Gasteiger partial charge is 0.322 e. The summed E-state index contributed by atoms with van der Waals surface area (Å²) in [5.74, 6) is -0.423. The van der Waals surface area contributed by atoms with Crippen molar-refractivity contribution >= 4 is 40.8 Å². The number of carbonyl (C=O) groups is 1. The third-order valence-electron chi connectivity index (χ3n) is 4.96. The van der Waals surface area contributed by atoms with Crippen LogP contribution in [-0.4, -0.2) is 25.6 Å². The molecule has 0 bridgehead atoms. The first kappa shape index (κ1) is 23.5. The third kappa shape index (κ3) is 5.46. The maximum absolute atomic E-state index is 12.8. The average Bonchev–Trinajstić information content (AvgIpc) is 3.21. The zero-order chi connectivity index (χ0) is 24.2. The van der Waals surface area contributed by atoms with Gasteiger partial charge in [-0.1, -0.05) is 29.5 Å². The van der Waals surface area contributed by atoms with Crippen LogP contribution in [0.2, 0.25) is 0 Å². The van der Waals surface area contributed by atoms with Crippen LogP contribution in [0.1, 0.15) is 21.5 Å². The van der Waals surface area contributed by atoms with Crippen molar-refractivity contribution in [1.82, 2.24) is 14.8 Å². The van der Waals surface area contributed by atoms with Crippen molar-refractivity contribution in [1.29, 1.82) is 0 Å². The Morgan fingerprint density at radius 1 is 1.00 bits per heavy atom. The highest BCUT2D eigenvalue weighted by Gasteiger charge is 2.20. The molecule has 0 unspecified atom stereocenters. The van der Waals surface area contributed by atoms with Gasteiger partial charge < -0.3 is 9.88 Å². The summed E-state index contributed by atoms with van der Waals surface area (Å²) in [5, 5.41) is 22.6. The number of anilines is 1. The lowest BCUT2D eigenvalue weighted by atomic mass is 10.2. The Hall–Kier alpha value is -3.63. The molecule has 1 aromatic heterocycles. The highest BCUT2D eigenvalue weighted by Crippen LogP contribution is 2.35. The summed E-state index contributed by atoms with van der Waals surface area (Å²) in [4.78, 5) is 26.5. The molecule has 3 aromatic carbocycles. The molecule has 1 amide bonds. The van der Waals surface area contributed by atoms with Crippen LogP contribution in [0.25, 0.3) is 0 Å². The number of hydrogen-bond donors (Lipinski definition) is 1. The van der Waals surface area contributed by atoms with Crippen molar-refractivity contribution in [2.45, 2.75) is 33.7 Å². The number of rotatable bonds is 7. The number of nitrogens with zero attached hydrogens (tertiary/aromatic N) is 4. The summed E-state index contributed by atoms with van der Waals surface area (Å²) < 4.78 is 1.66. The minimum absolute atomic E-state index is 0.166. The molecule has 34 heavy (non-hydrogen) atoms. The number of nitro groups is 1. The smallest absolute Gasteiger partial charge is 0.284 e. The number of amides is 1. The van der Waals surface area contributed by atoms with Gasteiger partial charge in [-0.3, -0.25) is 14.9 Å². The van der Waals surface area contributed by atoms with Gasteiger partial charge in [0.25, 0.3) is 11.6 Å². The topological polar surface area (TPSA) is 103 Å². The Labute approximate surface area is 204 Å². The second kappa shape index (κ2) is 10.1. The summed E-state index contributed by atoms with van der Waals surface area (Å²) in [6.07, 6.45) is 1.52. The van der Waals surface area contributed by atoms with E-state index >= 15 is 0 Å². The number of benzene rings is 3. The molecule has 4 rings (SSSR count). The summed E-state index contributed by atoms with van der Waals surface area (Å²) >= 11 is 2.77. The molecule has 1 N–H and O–H groups in total. The Kier molecular flexibility index (Phi) is 6.99. The van der Waals surface area contributed by atoms with Crippen LogP contribution in [0, 0.1) is 24.0 Å². The maximum Gasteiger partial charge on any atom is 0.284 e. The Bertz CT molecular complexity index is 1370. The fourth-order valence-electron chi connectivity index (χ4n) is 3.20. The van der Waals surface area contributed by atoms with Crippen LogP contribution >= 0.6 is 23.5 Å². The van der Waals surface area contributed by atoms with Crippen molar-refractivity contribution < 1.29 is 9.72 Å². The zero-order valence-corrected chi connectivity index (χ0v) is 20.3. The van der Waals surface area contributed by atoms with Gasteiger partial charge in [0.2, 0.25) is 0 Å². The molecule has 172 valence electrons. The van der Waals surface area contributed by atoms with E-state index in [1.807, 2.05) is 24.3 Å². The second-order valence-corrected chi connectivity index (χ2v) is 9.74. The number of nitrogens with one attached hydrogen (secondary N) is 1. The molecule has 0 fully saturated rings. The zero-order valence-electron chi connectivity index (χ0n) is 18.7. The van der Waals surface area contributed by atoms with Gasteiger partial charge in [-0.15, -0.1) is 10.2 Å². The third-order valence-corrected chi connectivity index (χ3v) is 7.26. The fourth-order valence-corrected chi connectivity index (χ4v) is 4.93. The molecule has 0 aliphatic rings. The number of nitro benzene ring substituents is 1. The van der Waals surface area contributed by atoms with Crippen molar-refractivity contribution in [3.8, 4) is 0 Å². The first-order valence-electron chi connectivity index (χ1n) is 10.3. The lowest BCUT2D eigenvalue weighted by Gasteiger charge is -2.09. The molecule has 10 heteroatoms. The molecule has 0 saturated carbocycles. The average molecular weight is 492 g/mol.